The first kappa shape index (κ1) is 25.7. The largest absolute Gasteiger partial charge is 0.478 e. The van der Waals surface area contributed by atoms with E-state index in [1.165, 1.54) is 12.0 Å². The van der Waals surface area contributed by atoms with Crippen molar-refractivity contribution in [1.82, 2.24) is 30.2 Å². The first-order valence-electron chi connectivity index (χ1n) is 14.6. The number of aromatic nitrogens is 3. The van der Waals surface area contributed by atoms with Gasteiger partial charge in [-0.2, -0.15) is 0 Å². The Bertz CT molecular complexity index is 1220. The lowest BCUT2D eigenvalue weighted by Crippen LogP contribution is -2.52. The fraction of sp³-hybridized carbons (Fsp3) is 0.586. The van der Waals surface area contributed by atoms with E-state index in [4.69, 9.17) is 0 Å². The van der Waals surface area contributed by atoms with E-state index < -0.39 is 5.97 Å². The number of anilines is 1. The molecule has 6 rings (SSSR count). The highest BCUT2D eigenvalue weighted by Crippen LogP contribution is 2.43. The number of aromatic amines is 1. The summed E-state index contributed by atoms with van der Waals surface area (Å²) in [6, 6.07) is 9.30. The van der Waals surface area contributed by atoms with E-state index in [9.17, 15) is 14.7 Å². The average molecular weight is 534 g/mol. The maximum Gasteiger partial charge on any atom is 0.335 e. The Hall–Kier alpha value is -3.56. The number of hydrogen-bond donors (Lipinski definition) is 2. The zero-order chi connectivity index (χ0) is 26.9. The fourth-order valence-electron chi connectivity index (χ4n) is 6.66. The Morgan fingerprint density at radius 2 is 1.97 bits per heavy atom. The molecule has 4 heterocycles. The van der Waals surface area contributed by atoms with E-state index in [1.807, 2.05) is 0 Å². The smallest absolute Gasteiger partial charge is 0.335 e. The number of carboxylic acid groups (broad SMARTS) is 1. The molecule has 10 heteroatoms. The molecule has 3 fully saturated rings. The first-order valence-corrected chi connectivity index (χ1v) is 14.6. The maximum atomic E-state index is 13.6. The van der Waals surface area contributed by atoms with Gasteiger partial charge in [0.05, 0.1) is 35.7 Å². The lowest BCUT2D eigenvalue weighted by Gasteiger charge is -2.42. The number of likely N-dealkylation sites (tertiary alicyclic amines) is 2. The molecule has 1 saturated carbocycles. The predicted molar refractivity (Wildman–Crippen MR) is 148 cm³/mol. The summed E-state index contributed by atoms with van der Waals surface area (Å²) in [5, 5.41) is 25.0. The van der Waals surface area contributed by atoms with E-state index >= 15 is 0 Å². The maximum absolute atomic E-state index is 13.6. The van der Waals surface area contributed by atoms with Gasteiger partial charge in [0.25, 0.3) is 0 Å². The molecule has 39 heavy (non-hydrogen) atoms. The number of H-pyrrole nitrogens is 1. The van der Waals surface area contributed by atoms with Gasteiger partial charge >= 0.3 is 12.0 Å². The van der Waals surface area contributed by atoms with Gasteiger partial charge in [0, 0.05) is 31.6 Å². The Kier molecular flexibility index (Phi) is 7.18. The van der Waals surface area contributed by atoms with Gasteiger partial charge in [-0.05, 0) is 69.1 Å². The van der Waals surface area contributed by atoms with Crippen LogP contribution in [-0.4, -0.2) is 85.6 Å². The van der Waals surface area contributed by atoms with E-state index in [-0.39, 0.29) is 24.5 Å². The second-order valence-corrected chi connectivity index (χ2v) is 11.4. The lowest BCUT2D eigenvalue weighted by atomic mass is 9.90. The van der Waals surface area contributed by atoms with Crippen LogP contribution in [0.25, 0.3) is 5.70 Å². The first-order chi connectivity index (χ1) is 19.0. The van der Waals surface area contributed by atoms with Crippen molar-refractivity contribution in [2.75, 3.05) is 31.2 Å². The zero-order valence-electron chi connectivity index (χ0n) is 22.8. The van der Waals surface area contributed by atoms with Gasteiger partial charge in [-0.15, -0.1) is 5.10 Å². The van der Waals surface area contributed by atoms with E-state index in [0.717, 1.165) is 76.7 Å². The molecule has 1 unspecified atom stereocenters. The normalized spacial score (nSPS) is 24.0. The zero-order valence-corrected chi connectivity index (χ0v) is 22.8. The summed E-state index contributed by atoms with van der Waals surface area (Å²) >= 11 is 0. The molecule has 10 nitrogen and oxygen atoms in total. The molecule has 2 saturated heterocycles. The van der Waals surface area contributed by atoms with Crippen molar-refractivity contribution in [3.63, 3.8) is 0 Å². The molecule has 2 N–H and O–H groups in total. The number of hydrazine groups is 1. The number of piperidine rings is 2. The number of rotatable bonds is 7. The summed E-state index contributed by atoms with van der Waals surface area (Å²) in [7, 11) is 0. The van der Waals surface area contributed by atoms with Crippen LogP contribution in [0, 0.1) is 0 Å². The summed E-state index contributed by atoms with van der Waals surface area (Å²) in [6.45, 7) is 4.90. The summed E-state index contributed by atoms with van der Waals surface area (Å²) in [6.07, 6.45) is 11.3. The van der Waals surface area contributed by atoms with Gasteiger partial charge in [-0.1, -0.05) is 30.7 Å². The Labute approximate surface area is 229 Å². The highest BCUT2D eigenvalue weighted by atomic mass is 16.4. The van der Waals surface area contributed by atoms with Crippen LogP contribution in [0.3, 0.4) is 0 Å². The second kappa shape index (κ2) is 10.9. The summed E-state index contributed by atoms with van der Waals surface area (Å²) in [5.74, 6) is -0.672. The number of urea groups is 1. The molecule has 2 amide bonds. The second-order valence-electron chi connectivity index (χ2n) is 11.4. The van der Waals surface area contributed by atoms with Crippen LogP contribution >= 0.6 is 0 Å². The fourth-order valence-corrected chi connectivity index (χ4v) is 6.66. The number of amides is 2. The van der Waals surface area contributed by atoms with E-state index in [2.05, 4.69) is 66.4 Å². The quantitative estimate of drug-likeness (QED) is 0.541. The molecule has 0 spiro atoms. The van der Waals surface area contributed by atoms with Crippen molar-refractivity contribution < 1.29 is 14.7 Å². The summed E-state index contributed by atoms with van der Waals surface area (Å²) < 4.78 is 0. The number of aliphatic carboxylic acids is 1. The molecule has 208 valence electrons. The number of carbonyl (C=O) groups excluding carboxylic acids is 1. The van der Waals surface area contributed by atoms with Gasteiger partial charge in [0.2, 0.25) is 0 Å². The SMILES string of the molecule is CCC[C@@H]1CCCCN1C(=O)N1CCCC(c2cccc(N3CC(C(=O)O)=C(c4c[nH]nn4)N3C3CC3)c2)C1. The molecule has 0 radical (unpaired) electrons. The minimum atomic E-state index is -0.933. The summed E-state index contributed by atoms with van der Waals surface area (Å²) in [4.78, 5) is 30.1. The van der Waals surface area contributed by atoms with Crippen molar-refractivity contribution >= 4 is 23.4 Å². The lowest BCUT2D eigenvalue weighted by molar-refractivity contribution is -0.132. The number of carboxylic acids is 1. The van der Waals surface area contributed by atoms with Crippen molar-refractivity contribution in [1.29, 1.82) is 0 Å². The molecule has 0 bridgehead atoms. The third-order valence-electron chi connectivity index (χ3n) is 8.72. The average Bonchev–Trinajstić information content (AvgIpc) is 3.49. The molecular formula is C29H39N7O3. The minimum Gasteiger partial charge on any atom is -0.478 e. The van der Waals surface area contributed by atoms with Crippen LogP contribution in [0.4, 0.5) is 10.5 Å². The third kappa shape index (κ3) is 5.08. The predicted octanol–water partition coefficient (Wildman–Crippen LogP) is 4.45. The van der Waals surface area contributed by atoms with Crippen LogP contribution in [0.15, 0.2) is 36.0 Å². The highest BCUT2D eigenvalue weighted by Gasteiger charge is 2.44. The van der Waals surface area contributed by atoms with Crippen LogP contribution in [0.2, 0.25) is 0 Å². The van der Waals surface area contributed by atoms with Gasteiger partial charge in [-0.3, -0.25) is 15.1 Å². The molecule has 2 atom stereocenters. The topological polar surface area (TPSA) is 109 Å². The molecule has 4 aliphatic rings. The molecule has 1 aromatic heterocycles. The highest BCUT2D eigenvalue weighted by molar-refractivity contribution is 5.98. The van der Waals surface area contributed by atoms with Crippen molar-refractivity contribution in [2.24, 2.45) is 0 Å². The monoisotopic (exact) mass is 533 g/mol. The van der Waals surface area contributed by atoms with Crippen molar-refractivity contribution in [3.8, 4) is 0 Å². The van der Waals surface area contributed by atoms with Crippen molar-refractivity contribution in [2.45, 2.75) is 82.7 Å². The molecule has 3 aliphatic heterocycles. The molecule has 1 aliphatic carbocycles. The van der Waals surface area contributed by atoms with Crippen LogP contribution < -0.4 is 5.01 Å². The Balaban J connectivity index is 1.22. The van der Waals surface area contributed by atoms with Gasteiger partial charge < -0.3 is 14.9 Å². The van der Waals surface area contributed by atoms with Crippen LogP contribution in [0.5, 0.6) is 0 Å². The van der Waals surface area contributed by atoms with Gasteiger partial charge in [0.15, 0.2) is 0 Å². The standard InChI is InChI=1S/C29H39N7O3/c1-2-7-22-10-3-4-15-34(22)29(39)33-14-6-9-21(18-33)20-8-5-11-24(16-20)35-19-25(28(37)38)27(26-17-30-32-31-26)36(35)23-12-13-23/h5,8,11,16-17,21-23H,2-4,6-7,9-10,12-15,18-19H2,1H3,(H,37,38)(H,30,31,32)/t21?,22-/m1/s1. The van der Waals surface area contributed by atoms with Crippen LogP contribution in [-0.2, 0) is 4.79 Å². The molecule has 2 aromatic rings. The molecule has 1 aromatic carbocycles. The summed E-state index contributed by atoms with van der Waals surface area (Å²) in [5.41, 5.74) is 3.69. The number of carbonyl (C=O) groups is 2. The Morgan fingerprint density at radius 3 is 2.72 bits per heavy atom. The molecular weight excluding hydrogens is 494 g/mol. The van der Waals surface area contributed by atoms with Crippen molar-refractivity contribution in [3.05, 3.63) is 47.3 Å². The number of hydrogen-bond acceptors (Lipinski definition) is 6. The third-order valence-corrected chi connectivity index (χ3v) is 8.72. The number of nitrogens with zero attached hydrogens (tertiary/aromatic N) is 6. The van der Waals surface area contributed by atoms with E-state index in [1.54, 1.807) is 6.20 Å². The number of benzene rings is 1. The van der Waals surface area contributed by atoms with Gasteiger partial charge in [-0.25, -0.2) is 9.59 Å². The minimum absolute atomic E-state index is 0.209. The number of nitrogens with one attached hydrogen (secondary N) is 1. The van der Waals surface area contributed by atoms with Crippen LogP contribution in [0.1, 0.15) is 81.9 Å². The van der Waals surface area contributed by atoms with Gasteiger partial charge in [0.1, 0.15) is 5.69 Å². The Morgan fingerprint density at radius 1 is 1.10 bits per heavy atom. The van der Waals surface area contributed by atoms with E-state index in [0.29, 0.717) is 23.0 Å².